The van der Waals surface area contributed by atoms with E-state index < -0.39 is 0 Å². The fourth-order valence-electron chi connectivity index (χ4n) is 2.09. The zero-order valence-electron chi connectivity index (χ0n) is 14.4. The zero-order valence-corrected chi connectivity index (χ0v) is 14.4. The summed E-state index contributed by atoms with van der Waals surface area (Å²) in [6.45, 7) is 4.69. The second kappa shape index (κ2) is 8.86. The molecular weight excluding hydrogens is 304 g/mol. The summed E-state index contributed by atoms with van der Waals surface area (Å²) in [5, 5.41) is 6.04. The van der Waals surface area contributed by atoms with Crippen molar-refractivity contribution in [3.8, 4) is 5.75 Å². The molecule has 24 heavy (non-hydrogen) atoms. The second-order valence-electron chi connectivity index (χ2n) is 5.61. The molecule has 6 heteroatoms. The molecule has 1 amide bonds. The lowest BCUT2D eigenvalue weighted by molar-refractivity contribution is 0.0938. The Labute approximate surface area is 142 Å². The summed E-state index contributed by atoms with van der Waals surface area (Å²) in [5.41, 5.74) is 1.64. The number of benzene rings is 1. The number of amides is 1. The monoisotopic (exact) mass is 328 g/mol. The van der Waals surface area contributed by atoms with Crippen LogP contribution in [-0.4, -0.2) is 35.6 Å². The van der Waals surface area contributed by atoms with Crippen LogP contribution in [0.15, 0.2) is 36.7 Å². The van der Waals surface area contributed by atoms with Gasteiger partial charge in [0.15, 0.2) is 0 Å². The lowest BCUT2D eigenvalue weighted by Gasteiger charge is -2.11. The summed E-state index contributed by atoms with van der Waals surface area (Å²) >= 11 is 0. The molecule has 6 nitrogen and oxygen atoms in total. The van der Waals surface area contributed by atoms with Gasteiger partial charge in [0.05, 0.1) is 12.7 Å². The first-order valence-electron chi connectivity index (χ1n) is 8.12. The topological polar surface area (TPSA) is 76.1 Å². The first-order chi connectivity index (χ1) is 11.6. The van der Waals surface area contributed by atoms with E-state index in [0.29, 0.717) is 18.1 Å². The van der Waals surface area contributed by atoms with Gasteiger partial charge in [0.1, 0.15) is 5.75 Å². The van der Waals surface area contributed by atoms with Crippen molar-refractivity contribution >= 4 is 11.9 Å². The number of nitrogens with one attached hydrogen (secondary N) is 2. The van der Waals surface area contributed by atoms with E-state index in [1.54, 1.807) is 19.5 Å². The van der Waals surface area contributed by atoms with E-state index in [-0.39, 0.29) is 11.9 Å². The summed E-state index contributed by atoms with van der Waals surface area (Å²) in [5.74, 6) is 1.21. The molecule has 0 radical (unpaired) electrons. The van der Waals surface area contributed by atoms with Gasteiger partial charge in [0.2, 0.25) is 5.95 Å². The van der Waals surface area contributed by atoms with Crippen molar-refractivity contribution in [3.63, 3.8) is 0 Å². The molecule has 1 heterocycles. The zero-order chi connectivity index (χ0) is 17.4. The van der Waals surface area contributed by atoms with Crippen LogP contribution in [0.3, 0.4) is 0 Å². The highest BCUT2D eigenvalue weighted by atomic mass is 16.5. The Morgan fingerprint density at radius 3 is 2.71 bits per heavy atom. The molecule has 0 spiro atoms. The Morgan fingerprint density at radius 2 is 2.04 bits per heavy atom. The molecule has 0 bridgehead atoms. The quantitative estimate of drug-likeness (QED) is 0.779. The Bertz CT molecular complexity index is 658. The molecule has 0 aliphatic heterocycles. The minimum atomic E-state index is -0.146. The highest BCUT2D eigenvalue weighted by Crippen LogP contribution is 2.13. The number of nitrogens with zero attached hydrogens (tertiary/aromatic N) is 2. The van der Waals surface area contributed by atoms with E-state index in [2.05, 4.69) is 20.6 Å². The third-order valence-electron chi connectivity index (χ3n) is 3.73. The molecule has 1 aromatic carbocycles. The van der Waals surface area contributed by atoms with E-state index in [1.165, 1.54) is 5.56 Å². The summed E-state index contributed by atoms with van der Waals surface area (Å²) in [7, 11) is 1.66. The molecule has 0 aliphatic carbocycles. The van der Waals surface area contributed by atoms with Gasteiger partial charge in [-0.25, -0.2) is 9.97 Å². The van der Waals surface area contributed by atoms with E-state index in [4.69, 9.17) is 4.74 Å². The predicted octanol–water partition coefficient (Wildman–Crippen LogP) is 2.67. The maximum Gasteiger partial charge on any atom is 0.254 e. The van der Waals surface area contributed by atoms with Gasteiger partial charge in [-0.1, -0.05) is 19.1 Å². The van der Waals surface area contributed by atoms with Gasteiger partial charge in [-0.05, 0) is 37.5 Å². The number of carbonyl (C=O) groups is 1. The smallest absolute Gasteiger partial charge is 0.254 e. The maximum absolute atomic E-state index is 12.0. The van der Waals surface area contributed by atoms with E-state index >= 15 is 0 Å². The first kappa shape index (κ1) is 17.7. The molecule has 0 saturated heterocycles. The average molecular weight is 328 g/mol. The van der Waals surface area contributed by atoms with Crippen molar-refractivity contribution in [2.75, 3.05) is 19.0 Å². The molecule has 0 saturated carbocycles. The molecule has 0 fully saturated rings. The van der Waals surface area contributed by atoms with Crippen molar-refractivity contribution in [1.29, 1.82) is 0 Å². The number of anilines is 1. The normalized spacial score (nSPS) is 11.6. The van der Waals surface area contributed by atoms with Crippen LogP contribution in [0, 0.1) is 0 Å². The molecule has 0 aliphatic rings. The van der Waals surface area contributed by atoms with Crippen molar-refractivity contribution in [2.45, 2.75) is 32.7 Å². The van der Waals surface area contributed by atoms with Gasteiger partial charge in [0, 0.05) is 25.0 Å². The van der Waals surface area contributed by atoms with Crippen LogP contribution in [0.2, 0.25) is 0 Å². The molecule has 2 N–H and O–H groups in total. The summed E-state index contributed by atoms with van der Waals surface area (Å²) in [4.78, 5) is 20.3. The summed E-state index contributed by atoms with van der Waals surface area (Å²) in [6, 6.07) is 8.08. The number of aromatic nitrogens is 2. The summed E-state index contributed by atoms with van der Waals surface area (Å²) in [6.07, 6.45) is 4.80. The highest BCUT2D eigenvalue weighted by molar-refractivity contribution is 5.93. The molecule has 1 aromatic heterocycles. The number of carbonyl (C=O) groups excluding carboxylic acids is 1. The number of ether oxygens (including phenoxy) is 1. The standard InChI is InChI=1S/C18H24N4O2/c1-4-13(2)22-17(23)15-11-20-18(21-12-15)19-9-8-14-6-5-7-16(10-14)24-3/h5-7,10-13H,4,8-9H2,1-3H3,(H,22,23)(H,19,20,21). The third kappa shape index (κ3) is 5.22. The van der Waals surface area contributed by atoms with Crippen LogP contribution in [0.25, 0.3) is 0 Å². The Kier molecular flexibility index (Phi) is 6.54. The van der Waals surface area contributed by atoms with Crippen molar-refractivity contribution in [1.82, 2.24) is 15.3 Å². The van der Waals surface area contributed by atoms with Crippen LogP contribution in [0.1, 0.15) is 36.2 Å². The van der Waals surface area contributed by atoms with E-state index in [0.717, 1.165) is 18.6 Å². The van der Waals surface area contributed by atoms with Gasteiger partial charge in [-0.15, -0.1) is 0 Å². The maximum atomic E-state index is 12.0. The Balaban J connectivity index is 1.84. The van der Waals surface area contributed by atoms with Gasteiger partial charge >= 0.3 is 0 Å². The highest BCUT2D eigenvalue weighted by Gasteiger charge is 2.09. The van der Waals surface area contributed by atoms with Gasteiger partial charge < -0.3 is 15.4 Å². The van der Waals surface area contributed by atoms with Crippen molar-refractivity contribution < 1.29 is 9.53 Å². The number of hydrogen-bond donors (Lipinski definition) is 2. The van der Waals surface area contributed by atoms with Gasteiger partial charge in [0.25, 0.3) is 5.91 Å². The van der Waals surface area contributed by atoms with Crippen LogP contribution in [0.5, 0.6) is 5.75 Å². The Hall–Kier alpha value is -2.63. The van der Waals surface area contributed by atoms with Crippen LogP contribution < -0.4 is 15.4 Å². The number of methoxy groups -OCH3 is 1. The molecular formula is C18H24N4O2. The Morgan fingerprint density at radius 1 is 1.29 bits per heavy atom. The number of rotatable bonds is 8. The fourth-order valence-corrected chi connectivity index (χ4v) is 2.09. The lowest BCUT2D eigenvalue weighted by Crippen LogP contribution is -2.32. The van der Waals surface area contributed by atoms with Crippen molar-refractivity contribution in [2.24, 2.45) is 0 Å². The van der Waals surface area contributed by atoms with E-state index in [1.807, 2.05) is 38.1 Å². The lowest BCUT2D eigenvalue weighted by atomic mass is 10.1. The van der Waals surface area contributed by atoms with Crippen LogP contribution in [-0.2, 0) is 6.42 Å². The SMILES string of the molecule is CCC(C)NC(=O)c1cnc(NCCc2cccc(OC)c2)nc1. The second-order valence-corrected chi connectivity index (χ2v) is 5.61. The predicted molar refractivity (Wildman–Crippen MR) is 94.4 cm³/mol. The van der Waals surface area contributed by atoms with E-state index in [9.17, 15) is 4.79 Å². The minimum absolute atomic E-state index is 0.137. The molecule has 2 aromatic rings. The largest absolute Gasteiger partial charge is 0.497 e. The fraction of sp³-hybridized carbons (Fsp3) is 0.389. The number of hydrogen-bond acceptors (Lipinski definition) is 5. The van der Waals surface area contributed by atoms with Crippen LogP contribution >= 0.6 is 0 Å². The molecule has 1 unspecified atom stereocenters. The minimum Gasteiger partial charge on any atom is -0.497 e. The summed E-state index contributed by atoms with van der Waals surface area (Å²) < 4.78 is 5.21. The first-order valence-corrected chi connectivity index (χ1v) is 8.12. The van der Waals surface area contributed by atoms with Crippen molar-refractivity contribution in [3.05, 3.63) is 47.8 Å². The molecule has 1 atom stereocenters. The van der Waals surface area contributed by atoms with Crippen LogP contribution in [0.4, 0.5) is 5.95 Å². The van der Waals surface area contributed by atoms with Gasteiger partial charge in [-0.3, -0.25) is 4.79 Å². The third-order valence-corrected chi connectivity index (χ3v) is 3.73. The average Bonchev–Trinajstić information content (AvgIpc) is 2.62. The molecule has 2 rings (SSSR count). The molecule has 128 valence electrons. The van der Waals surface area contributed by atoms with Gasteiger partial charge in [-0.2, -0.15) is 0 Å².